The summed E-state index contributed by atoms with van der Waals surface area (Å²) in [5.41, 5.74) is -0.427. The van der Waals surface area contributed by atoms with Gasteiger partial charge in [-0.3, -0.25) is 10.1 Å². The van der Waals surface area contributed by atoms with E-state index in [2.05, 4.69) is 5.32 Å². The summed E-state index contributed by atoms with van der Waals surface area (Å²) in [7, 11) is 0. The fraction of sp³-hybridized carbons (Fsp3) is 0.682. The number of hydrogen-bond acceptors (Lipinski definition) is 5. The third kappa shape index (κ3) is 12.7. The van der Waals surface area contributed by atoms with E-state index < -0.39 is 10.5 Å². The maximum atomic E-state index is 11.5. The Morgan fingerprint density at radius 1 is 0.966 bits per heavy atom. The first-order chi connectivity index (χ1) is 13.8. The fourth-order valence-corrected chi connectivity index (χ4v) is 2.88. The molecule has 7 nitrogen and oxygen atoms in total. The quantitative estimate of drug-likeness (QED) is 0.231. The number of nitro groups is 1. The number of rotatable bonds is 14. The summed E-state index contributed by atoms with van der Waals surface area (Å²) in [5, 5.41) is 13.7. The van der Waals surface area contributed by atoms with Crippen LogP contribution in [0.1, 0.15) is 78.6 Å². The Morgan fingerprint density at radius 3 is 2.10 bits per heavy atom. The molecular formula is C22H36N2O5. The third-order valence-electron chi connectivity index (χ3n) is 4.31. The Kier molecular flexibility index (Phi) is 11.8. The smallest absolute Gasteiger partial charge is 0.407 e. The Bertz CT molecular complexity index is 613. The van der Waals surface area contributed by atoms with Crippen LogP contribution in [-0.2, 0) is 4.74 Å². The number of carbonyl (C=O) groups is 1. The second-order valence-corrected chi connectivity index (χ2v) is 8.18. The van der Waals surface area contributed by atoms with Crippen LogP contribution >= 0.6 is 0 Å². The van der Waals surface area contributed by atoms with E-state index in [-0.39, 0.29) is 11.8 Å². The van der Waals surface area contributed by atoms with Crippen LogP contribution < -0.4 is 10.1 Å². The zero-order chi connectivity index (χ0) is 21.5. The molecule has 0 aliphatic carbocycles. The molecule has 0 unspecified atom stereocenters. The van der Waals surface area contributed by atoms with Gasteiger partial charge in [0.15, 0.2) is 5.75 Å². The minimum atomic E-state index is -0.449. The van der Waals surface area contributed by atoms with Gasteiger partial charge in [0.1, 0.15) is 5.60 Å². The first kappa shape index (κ1) is 24.7. The number of alkyl carbamates (subject to hydrolysis) is 1. The molecule has 1 amide bonds. The number of nitrogens with zero attached hydrogens (tertiary/aromatic N) is 1. The highest BCUT2D eigenvalue weighted by Crippen LogP contribution is 2.26. The Labute approximate surface area is 174 Å². The predicted octanol–water partition coefficient (Wildman–Crippen LogP) is 6.01. The van der Waals surface area contributed by atoms with Crippen LogP contribution in [0.5, 0.6) is 5.75 Å². The number of nitro benzene ring substituents is 1. The van der Waals surface area contributed by atoms with Crippen molar-refractivity contribution in [1.29, 1.82) is 0 Å². The monoisotopic (exact) mass is 408 g/mol. The van der Waals surface area contributed by atoms with Crippen LogP contribution in [0.3, 0.4) is 0 Å². The van der Waals surface area contributed by atoms with Crippen molar-refractivity contribution in [2.45, 2.75) is 84.2 Å². The van der Waals surface area contributed by atoms with Crippen LogP contribution in [0.15, 0.2) is 24.3 Å². The van der Waals surface area contributed by atoms with Crippen LogP contribution in [0.4, 0.5) is 10.5 Å². The van der Waals surface area contributed by atoms with Crippen molar-refractivity contribution in [3.8, 4) is 5.75 Å². The number of ether oxygens (including phenoxy) is 2. The van der Waals surface area contributed by atoms with E-state index in [1.165, 1.54) is 31.7 Å². The lowest BCUT2D eigenvalue weighted by molar-refractivity contribution is -0.385. The molecule has 1 rings (SSSR count). The second-order valence-electron chi connectivity index (χ2n) is 8.18. The van der Waals surface area contributed by atoms with Gasteiger partial charge in [0.25, 0.3) is 0 Å². The van der Waals surface area contributed by atoms with Crippen molar-refractivity contribution >= 4 is 11.8 Å². The average Bonchev–Trinajstić information content (AvgIpc) is 2.64. The molecule has 29 heavy (non-hydrogen) atoms. The standard InChI is InChI=1S/C22H36N2O5/c1-22(2,3)29-21(25)23-17-13-9-7-5-4-6-8-10-14-18-28-20-16-12-11-15-19(20)24(26)27/h11-12,15-16H,4-10,13-14,17-18H2,1-3H3,(H,23,25). The van der Waals surface area contributed by atoms with Gasteiger partial charge in [0.2, 0.25) is 0 Å². The third-order valence-corrected chi connectivity index (χ3v) is 4.31. The number of amides is 1. The lowest BCUT2D eigenvalue weighted by Crippen LogP contribution is -2.32. The summed E-state index contributed by atoms with van der Waals surface area (Å²) < 4.78 is 10.7. The molecule has 1 N–H and O–H groups in total. The summed E-state index contributed by atoms with van der Waals surface area (Å²) in [6.45, 7) is 6.74. The first-order valence-corrected chi connectivity index (χ1v) is 10.6. The zero-order valence-electron chi connectivity index (χ0n) is 18.1. The van der Waals surface area contributed by atoms with E-state index in [0.717, 1.165) is 32.1 Å². The molecule has 7 heteroatoms. The van der Waals surface area contributed by atoms with Crippen molar-refractivity contribution in [2.75, 3.05) is 13.2 Å². The molecule has 1 aromatic carbocycles. The minimum Gasteiger partial charge on any atom is -0.487 e. The second kappa shape index (κ2) is 13.8. The van der Waals surface area contributed by atoms with Gasteiger partial charge in [-0.25, -0.2) is 4.79 Å². The van der Waals surface area contributed by atoms with Gasteiger partial charge in [0, 0.05) is 12.6 Å². The van der Waals surface area contributed by atoms with Gasteiger partial charge < -0.3 is 14.8 Å². The summed E-state index contributed by atoms with van der Waals surface area (Å²) in [6.07, 6.45) is 9.66. The molecule has 0 bridgehead atoms. The summed E-state index contributed by atoms with van der Waals surface area (Å²) in [4.78, 5) is 22.0. The molecule has 0 radical (unpaired) electrons. The number of nitrogens with one attached hydrogen (secondary N) is 1. The van der Waals surface area contributed by atoms with Crippen molar-refractivity contribution in [1.82, 2.24) is 5.32 Å². The van der Waals surface area contributed by atoms with Crippen molar-refractivity contribution in [3.05, 3.63) is 34.4 Å². The molecule has 0 aliphatic heterocycles. The molecule has 0 heterocycles. The maximum absolute atomic E-state index is 11.5. The molecule has 0 saturated heterocycles. The zero-order valence-corrected chi connectivity index (χ0v) is 18.1. The van der Waals surface area contributed by atoms with Gasteiger partial charge in [-0.15, -0.1) is 0 Å². The van der Waals surface area contributed by atoms with Crippen LogP contribution in [0.25, 0.3) is 0 Å². The summed E-state index contributed by atoms with van der Waals surface area (Å²) in [5.74, 6) is 0.346. The molecule has 0 atom stereocenters. The first-order valence-electron chi connectivity index (χ1n) is 10.6. The van der Waals surface area contributed by atoms with E-state index in [0.29, 0.717) is 18.9 Å². The average molecular weight is 409 g/mol. The normalized spacial score (nSPS) is 11.1. The van der Waals surface area contributed by atoms with Gasteiger partial charge in [-0.1, -0.05) is 57.1 Å². The number of para-hydroxylation sites is 2. The maximum Gasteiger partial charge on any atom is 0.407 e. The number of unbranched alkanes of at least 4 members (excludes halogenated alkanes) is 8. The summed E-state index contributed by atoms with van der Waals surface area (Å²) in [6, 6.07) is 6.49. The Morgan fingerprint density at radius 2 is 1.52 bits per heavy atom. The predicted molar refractivity (Wildman–Crippen MR) is 114 cm³/mol. The highest BCUT2D eigenvalue weighted by molar-refractivity contribution is 5.67. The van der Waals surface area contributed by atoms with Gasteiger partial charge in [-0.2, -0.15) is 0 Å². The number of benzene rings is 1. The van der Waals surface area contributed by atoms with Crippen LogP contribution in [0.2, 0.25) is 0 Å². The fourth-order valence-electron chi connectivity index (χ4n) is 2.88. The molecule has 0 aliphatic rings. The van der Waals surface area contributed by atoms with Crippen molar-refractivity contribution in [2.24, 2.45) is 0 Å². The van der Waals surface area contributed by atoms with Crippen LogP contribution in [-0.4, -0.2) is 29.8 Å². The van der Waals surface area contributed by atoms with E-state index in [4.69, 9.17) is 9.47 Å². The highest BCUT2D eigenvalue weighted by Gasteiger charge is 2.15. The largest absolute Gasteiger partial charge is 0.487 e. The van der Waals surface area contributed by atoms with E-state index in [1.807, 2.05) is 20.8 Å². The number of hydrogen-bond donors (Lipinski definition) is 1. The Hall–Kier alpha value is -2.31. The van der Waals surface area contributed by atoms with E-state index in [1.54, 1.807) is 18.2 Å². The van der Waals surface area contributed by atoms with Crippen LogP contribution in [0, 0.1) is 10.1 Å². The lowest BCUT2D eigenvalue weighted by Gasteiger charge is -2.19. The molecule has 0 spiro atoms. The van der Waals surface area contributed by atoms with Gasteiger partial charge in [-0.05, 0) is 39.7 Å². The van der Waals surface area contributed by atoms with Crippen molar-refractivity contribution in [3.63, 3.8) is 0 Å². The van der Waals surface area contributed by atoms with E-state index in [9.17, 15) is 14.9 Å². The summed E-state index contributed by atoms with van der Waals surface area (Å²) >= 11 is 0. The molecule has 164 valence electrons. The van der Waals surface area contributed by atoms with Crippen molar-refractivity contribution < 1.29 is 19.2 Å². The van der Waals surface area contributed by atoms with E-state index >= 15 is 0 Å². The molecule has 0 saturated carbocycles. The molecule has 0 aromatic heterocycles. The lowest BCUT2D eigenvalue weighted by atomic mass is 10.1. The molecular weight excluding hydrogens is 372 g/mol. The Balaban J connectivity index is 1.91. The highest BCUT2D eigenvalue weighted by atomic mass is 16.6. The minimum absolute atomic E-state index is 0.0220. The SMILES string of the molecule is CC(C)(C)OC(=O)NCCCCCCCCCCCOc1ccccc1[N+](=O)[O-]. The van der Waals surface area contributed by atoms with Gasteiger partial charge >= 0.3 is 11.8 Å². The van der Waals surface area contributed by atoms with Gasteiger partial charge in [0.05, 0.1) is 11.5 Å². The number of carbonyl (C=O) groups excluding carboxylic acids is 1. The topological polar surface area (TPSA) is 90.7 Å². The molecule has 1 aromatic rings. The molecule has 0 fully saturated rings.